The van der Waals surface area contributed by atoms with E-state index in [1.807, 2.05) is 42.2 Å². The number of likely N-dealkylation sites (tertiary alicyclic amines) is 1. The topological polar surface area (TPSA) is 92.6 Å². The van der Waals surface area contributed by atoms with Crippen LogP contribution in [0.5, 0.6) is 0 Å². The second-order valence-electron chi connectivity index (χ2n) is 7.66. The molecule has 0 bridgehead atoms. The third kappa shape index (κ3) is 6.01. The number of nitro benzene ring substituents is 1. The lowest BCUT2D eigenvalue weighted by Gasteiger charge is -2.34. The van der Waals surface area contributed by atoms with Crippen LogP contribution in [0.2, 0.25) is 0 Å². The Morgan fingerprint density at radius 3 is 2.35 bits per heavy atom. The predicted octanol–water partition coefficient (Wildman–Crippen LogP) is 3.91. The average molecular weight is 421 g/mol. The molecule has 2 amide bonds. The van der Waals surface area contributed by atoms with Gasteiger partial charge in [-0.1, -0.05) is 37.3 Å². The zero-order valence-corrected chi connectivity index (χ0v) is 17.6. The fraction of sp³-hybridized carbons (Fsp3) is 0.333. The number of nitrogens with one attached hydrogen (secondary N) is 1. The Morgan fingerprint density at radius 1 is 1.13 bits per heavy atom. The molecule has 0 spiro atoms. The van der Waals surface area contributed by atoms with E-state index < -0.39 is 4.92 Å². The summed E-state index contributed by atoms with van der Waals surface area (Å²) in [4.78, 5) is 37.3. The summed E-state index contributed by atoms with van der Waals surface area (Å²) in [5.74, 6) is -0.188. The molecule has 1 unspecified atom stereocenters. The average Bonchev–Trinajstić information content (AvgIpc) is 2.79. The lowest BCUT2D eigenvalue weighted by atomic mass is 9.93. The predicted molar refractivity (Wildman–Crippen MR) is 119 cm³/mol. The Bertz CT molecular complexity index is 933. The van der Waals surface area contributed by atoms with Gasteiger partial charge in [0.25, 0.3) is 5.69 Å². The van der Waals surface area contributed by atoms with Crippen molar-refractivity contribution in [2.45, 2.75) is 38.1 Å². The van der Waals surface area contributed by atoms with Crippen LogP contribution in [0.15, 0.2) is 60.7 Å². The minimum absolute atomic E-state index is 0.0143. The minimum atomic E-state index is -0.458. The number of amides is 2. The van der Waals surface area contributed by atoms with Crippen molar-refractivity contribution in [2.24, 2.45) is 0 Å². The van der Waals surface area contributed by atoms with Crippen LogP contribution in [0, 0.1) is 10.1 Å². The molecule has 0 aliphatic carbocycles. The van der Waals surface area contributed by atoms with Gasteiger partial charge in [-0.05, 0) is 48.6 Å². The second kappa shape index (κ2) is 10.5. The van der Waals surface area contributed by atoms with Crippen LogP contribution in [-0.2, 0) is 9.59 Å². The quantitative estimate of drug-likeness (QED) is 0.417. The van der Waals surface area contributed by atoms with E-state index in [4.69, 9.17) is 0 Å². The molecule has 31 heavy (non-hydrogen) atoms. The van der Waals surface area contributed by atoms with Gasteiger partial charge in [0.2, 0.25) is 11.8 Å². The van der Waals surface area contributed by atoms with Gasteiger partial charge in [0.15, 0.2) is 0 Å². The van der Waals surface area contributed by atoms with Gasteiger partial charge in [0.05, 0.1) is 10.8 Å². The highest BCUT2D eigenvalue weighted by molar-refractivity contribution is 5.92. The molecule has 0 aromatic heterocycles. The molecule has 1 saturated heterocycles. The lowest BCUT2D eigenvalue weighted by molar-refractivity contribution is -0.384. The van der Waals surface area contributed by atoms with Crippen LogP contribution < -0.4 is 5.32 Å². The van der Waals surface area contributed by atoms with Gasteiger partial charge in [-0.25, -0.2) is 0 Å². The molecule has 1 fully saturated rings. The molecule has 1 aliphatic rings. The highest BCUT2D eigenvalue weighted by Crippen LogP contribution is 2.24. The smallest absolute Gasteiger partial charge is 0.269 e. The summed E-state index contributed by atoms with van der Waals surface area (Å²) in [6.07, 6.45) is 5.25. The van der Waals surface area contributed by atoms with E-state index in [0.717, 1.165) is 12.0 Å². The summed E-state index contributed by atoms with van der Waals surface area (Å²) in [6.45, 7) is 3.28. The zero-order chi connectivity index (χ0) is 22.2. The van der Waals surface area contributed by atoms with Crippen LogP contribution in [-0.4, -0.2) is 40.8 Å². The van der Waals surface area contributed by atoms with Crippen LogP contribution in [0.3, 0.4) is 0 Å². The summed E-state index contributed by atoms with van der Waals surface area (Å²) in [5, 5.41) is 13.7. The summed E-state index contributed by atoms with van der Waals surface area (Å²) in [7, 11) is 0. The molecule has 0 saturated carbocycles. The lowest BCUT2D eigenvalue weighted by Crippen LogP contribution is -2.47. The number of hydrogen-bond acceptors (Lipinski definition) is 4. The van der Waals surface area contributed by atoms with Gasteiger partial charge >= 0.3 is 0 Å². The van der Waals surface area contributed by atoms with E-state index in [0.29, 0.717) is 31.5 Å². The highest BCUT2D eigenvalue weighted by atomic mass is 16.6. The van der Waals surface area contributed by atoms with Crippen molar-refractivity contribution >= 4 is 23.6 Å². The maximum atomic E-state index is 13.0. The number of benzene rings is 2. The van der Waals surface area contributed by atoms with Crippen molar-refractivity contribution in [2.75, 3.05) is 13.1 Å². The van der Waals surface area contributed by atoms with Gasteiger partial charge in [-0.3, -0.25) is 19.7 Å². The van der Waals surface area contributed by atoms with Crippen LogP contribution in [0.4, 0.5) is 5.69 Å². The molecule has 2 aromatic rings. The summed E-state index contributed by atoms with van der Waals surface area (Å²) >= 11 is 0. The number of piperidine rings is 1. The van der Waals surface area contributed by atoms with Crippen molar-refractivity contribution in [3.05, 3.63) is 81.9 Å². The maximum Gasteiger partial charge on any atom is 0.269 e. The van der Waals surface area contributed by atoms with Crippen molar-refractivity contribution in [3.63, 3.8) is 0 Å². The fourth-order valence-electron chi connectivity index (χ4n) is 3.83. The molecular formula is C24H27N3O4. The van der Waals surface area contributed by atoms with E-state index in [1.54, 1.807) is 18.2 Å². The van der Waals surface area contributed by atoms with E-state index in [2.05, 4.69) is 5.32 Å². The third-order valence-electron chi connectivity index (χ3n) is 5.59. The van der Waals surface area contributed by atoms with Crippen molar-refractivity contribution in [1.82, 2.24) is 10.2 Å². The minimum Gasteiger partial charge on any atom is -0.350 e. The molecule has 1 N–H and O–H groups in total. The Hall–Kier alpha value is -3.48. The van der Waals surface area contributed by atoms with Gasteiger partial charge < -0.3 is 10.2 Å². The van der Waals surface area contributed by atoms with Gasteiger partial charge in [0, 0.05) is 37.3 Å². The normalized spacial score (nSPS) is 15.6. The summed E-state index contributed by atoms with van der Waals surface area (Å²) in [6, 6.07) is 15.9. The van der Waals surface area contributed by atoms with E-state index in [-0.39, 0.29) is 29.5 Å². The number of nitrogens with zero attached hydrogens (tertiary/aromatic N) is 2. The van der Waals surface area contributed by atoms with Crippen LogP contribution in [0.25, 0.3) is 6.08 Å². The molecule has 0 radical (unpaired) electrons. The van der Waals surface area contributed by atoms with Crippen LogP contribution >= 0.6 is 0 Å². The largest absolute Gasteiger partial charge is 0.350 e. The number of rotatable bonds is 7. The molecule has 1 aliphatic heterocycles. The monoisotopic (exact) mass is 421 g/mol. The second-order valence-corrected chi connectivity index (χ2v) is 7.66. The number of carbonyl (C=O) groups excluding carboxylic acids is 2. The molecule has 3 rings (SSSR count). The van der Waals surface area contributed by atoms with Crippen molar-refractivity contribution in [3.8, 4) is 0 Å². The third-order valence-corrected chi connectivity index (χ3v) is 5.59. The first-order chi connectivity index (χ1) is 15.0. The molecular weight excluding hydrogens is 394 g/mol. The number of nitro groups is 1. The first-order valence-electron chi connectivity index (χ1n) is 10.5. The van der Waals surface area contributed by atoms with E-state index >= 15 is 0 Å². The summed E-state index contributed by atoms with van der Waals surface area (Å²) in [5.41, 5.74) is 1.77. The first-order valence-corrected chi connectivity index (χ1v) is 10.5. The Morgan fingerprint density at radius 2 is 1.77 bits per heavy atom. The molecule has 2 aromatic carbocycles. The molecule has 162 valence electrons. The number of carbonyl (C=O) groups is 2. The van der Waals surface area contributed by atoms with Gasteiger partial charge in [-0.2, -0.15) is 0 Å². The molecule has 1 heterocycles. The number of non-ortho nitro benzene ring substituents is 1. The van der Waals surface area contributed by atoms with Gasteiger partial charge in [-0.15, -0.1) is 0 Å². The van der Waals surface area contributed by atoms with E-state index in [9.17, 15) is 19.7 Å². The SMILES string of the molecule is CCC(C(=O)N1CCC(NC(=O)/C=C/c2ccc([N+](=O)[O-])cc2)CC1)c1ccccc1. The first kappa shape index (κ1) is 22.2. The number of hydrogen-bond donors (Lipinski definition) is 1. The van der Waals surface area contributed by atoms with Gasteiger partial charge in [0.1, 0.15) is 0 Å². The molecule has 1 atom stereocenters. The Labute approximate surface area is 181 Å². The van der Waals surface area contributed by atoms with E-state index in [1.165, 1.54) is 18.2 Å². The maximum absolute atomic E-state index is 13.0. The Kier molecular flexibility index (Phi) is 7.54. The molecule has 7 heteroatoms. The standard InChI is InChI=1S/C24H27N3O4/c1-2-22(19-6-4-3-5-7-19)24(29)26-16-14-20(15-17-26)25-23(28)13-10-18-8-11-21(12-9-18)27(30)31/h3-13,20,22H,2,14-17H2,1H3,(H,25,28)/b13-10+. The summed E-state index contributed by atoms with van der Waals surface area (Å²) < 4.78 is 0. The van der Waals surface area contributed by atoms with Crippen molar-refractivity contribution < 1.29 is 14.5 Å². The highest BCUT2D eigenvalue weighted by Gasteiger charge is 2.28. The fourth-order valence-corrected chi connectivity index (χ4v) is 3.83. The van der Waals surface area contributed by atoms with Crippen LogP contribution in [0.1, 0.15) is 43.2 Å². The van der Waals surface area contributed by atoms with Crippen molar-refractivity contribution in [1.29, 1.82) is 0 Å². The Balaban J connectivity index is 1.48. The molecule has 7 nitrogen and oxygen atoms in total. The zero-order valence-electron chi connectivity index (χ0n) is 17.6.